The van der Waals surface area contributed by atoms with Crippen LogP contribution in [0.25, 0.3) is 0 Å². The molecule has 0 aliphatic rings. The Balaban J connectivity index is 2.83. The smallest absolute Gasteiger partial charge is 0.312 e. The van der Waals surface area contributed by atoms with Crippen LogP contribution in [-0.4, -0.2) is 10.6 Å². The Labute approximate surface area is 49.4 Å². The lowest BCUT2D eigenvalue weighted by molar-refractivity contribution is 0.250. The first-order valence-electron chi connectivity index (χ1n) is 1.36. The Morgan fingerprint density at radius 2 is 2.50 bits per heavy atom. The van der Waals surface area contributed by atoms with Crippen molar-refractivity contribution in [3.63, 3.8) is 0 Å². The third-order valence-corrected chi connectivity index (χ3v) is 0.622. The summed E-state index contributed by atoms with van der Waals surface area (Å²) in [5.74, 6) is 0. The van der Waals surface area contributed by atoms with E-state index in [1.54, 1.807) is 0 Å². The number of halogens is 1. The summed E-state index contributed by atoms with van der Waals surface area (Å²) in [6.07, 6.45) is 0. The largest absolute Gasteiger partial charge is 0.352 e. The maximum absolute atomic E-state index is 9.71. The van der Waals surface area contributed by atoms with Gasteiger partial charge >= 0.3 is 6.03 Å². The summed E-state index contributed by atoms with van der Waals surface area (Å²) in [5.41, 5.74) is 4.65. The van der Waals surface area contributed by atoms with Crippen LogP contribution in [0.15, 0.2) is 0 Å². The molecular weight excluding hydrogens is 195 g/mol. The van der Waals surface area contributed by atoms with Crippen molar-refractivity contribution in [2.24, 2.45) is 5.73 Å². The van der Waals surface area contributed by atoms with E-state index in [1.807, 2.05) is 22.6 Å². The van der Waals surface area contributed by atoms with E-state index >= 15 is 0 Å². The summed E-state index contributed by atoms with van der Waals surface area (Å²) in [6.45, 7) is 0. The zero-order valence-electron chi connectivity index (χ0n) is 3.07. The van der Waals surface area contributed by atoms with Crippen molar-refractivity contribution in [1.82, 2.24) is 5.32 Å². The van der Waals surface area contributed by atoms with Crippen LogP contribution in [0.2, 0.25) is 0 Å². The molecule has 0 radical (unpaired) electrons. The Kier molecular flexibility index (Phi) is 3.20. The van der Waals surface area contributed by atoms with Gasteiger partial charge in [-0.3, -0.25) is 0 Å². The van der Waals surface area contributed by atoms with Gasteiger partial charge in [0.25, 0.3) is 0 Å². The summed E-state index contributed by atoms with van der Waals surface area (Å²) in [4.78, 5) is 9.71. The molecule has 0 spiro atoms. The molecule has 0 aromatic carbocycles. The molecular formula is C2H5IN2O. The van der Waals surface area contributed by atoms with Gasteiger partial charge in [0.05, 0.1) is 4.55 Å². The lowest BCUT2D eigenvalue weighted by Crippen LogP contribution is -2.27. The lowest BCUT2D eigenvalue weighted by atomic mass is 11.0. The van der Waals surface area contributed by atoms with Gasteiger partial charge in [-0.05, 0) is 0 Å². The minimum absolute atomic E-state index is 0.468. The van der Waals surface area contributed by atoms with Crippen molar-refractivity contribution in [3.05, 3.63) is 0 Å². The summed E-state index contributed by atoms with van der Waals surface area (Å²) >= 11 is 1.99. The fourth-order valence-electron chi connectivity index (χ4n) is 0.0659. The summed E-state index contributed by atoms with van der Waals surface area (Å²) in [7, 11) is 0. The quantitative estimate of drug-likeness (QED) is 0.350. The lowest BCUT2D eigenvalue weighted by Gasteiger charge is -1.87. The van der Waals surface area contributed by atoms with Crippen molar-refractivity contribution in [3.8, 4) is 0 Å². The Morgan fingerprint density at radius 1 is 2.00 bits per heavy atom. The van der Waals surface area contributed by atoms with Gasteiger partial charge in [-0.15, -0.1) is 0 Å². The van der Waals surface area contributed by atoms with E-state index in [0.29, 0.717) is 4.55 Å². The predicted molar refractivity (Wildman–Crippen MR) is 31.6 cm³/mol. The molecule has 0 fully saturated rings. The zero-order chi connectivity index (χ0) is 4.99. The second kappa shape index (κ2) is 3.20. The first-order valence-corrected chi connectivity index (χ1v) is 2.89. The Morgan fingerprint density at radius 3 is 2.50 bits per heavy atom. The number of carbonyl (C=O) groups excluding carboxylic acids is 1. The molecule has 0 heterocycles. The highest BCUT2D eigenvalue weighted by atomic mass is 127. The molecule has 0 bridgehead atoms. The summed E-state index contributed by atoms with van der Waals surface area (Å²) in [6, 6.07) is -0.468. The molecule has 3 nitrogen and oxygen atoms in total. The van der Waals surface area contributed by atoms with E-state index in [-0.39, 0.29) is 0 Å². The highest BCUT2D eigenvalue weighted by molar-refractivity contribution is 14.1. The minimum Gasteiger partial charge on any atom is -0.352 e. The second-order valence-corrected chi connectivity index (χ2v) is 1.44. The number of rotatable bonds is 1. The molecule has 0 aromatic rings. The molecule has 2 amide bonds. The predicted octanol–water partition coefficient (Wildman–Crippen LogP) is 0.0472. The number of hydrogen-bond donors (Lipinski definition) is 2. The van der Waals surface area contributed by atoms with Gasteiger partial charge in [-0.1, -0.05) is 22.6 Å². The third kappa shape index (κ3) is 4.00. The molecule has 36 valence electrons. The normalized spacial score (nSPS) is 7.50. The molecule has 3 N–H and O–H groups in total. The van der Waals surface area contributed by atoms with Gasteiger partial charge in [0.1, 0.15) is 0 Å². The van der Waals surface area contributed by atoms with E-state index in [1.165, 1.54) is 0 Å². The van der Waals surface area contributed by atoms with Crippen LogP contribution in [0.5, 0.6) is 0 Å². The van der Waals surface area contributed by atoms with Crippen LogP contribution in [0.1, 0.15) is 0 Å². The van der Waals surface area contributed by atoms with Crippen LogP contribution in [0.4, 0.5) is 4.79 Å². The second-order valence-electron chi connectivity index (χ2n) is 0.675. The molecule has 0 saturated carbocycles. The average Bonchev–Trinajstić information content (AvgIpc) is 1.35. The third-order valence-electron chi connectivity index (χ3n) is 0.241. The highest BCUT2D eigenvalue weighted by Crippen LogP contribution is 1.69. The number of nitrogens with two attached hydrogens (primary N) is 1. The molecule has 0 atom stereocenters. The molecule has 0 saturated heterocycles. The standard InChI is InChI=1S/C2H5IN2O/c3-1-5-2(4)6/h1H2,(H3,4,5,6). The topological polar surface area (TPSA) is 55.1 Å². The van der Waals surface area contributed by atoms with Crippen molar-refractivity contribution in [2.45, 2.75) is 0 Å². The first-order chi connectivity index (χ1) is 2.77. The van der Waals surface area contributed by atoms with Crippen LogP contribution < -0.4 is 11.1 Å². The van der Waals surface area contributed by atoms with E-state index in [4.69, 9.17) is 0 Å². The van der Waals surface area contributed by atoms with Gasteiger partial charge in [0.15, 0.2) is 0 Å². The van der Waals surface area contributed by atoms with Crippen molar-refractivity contribution in [2.75, 3.05) is 4.55 Å². The number of carbonyl (C=O) groups is 1. The van der Waals surface area contributed by atoms with E-state index in [0.717, 1.165) is 0 Å². The van der Waals surface area contributed by atoms with Gasteiger partial charge in [-0.2, -0.15) is 0 Å². The van der Waals surface area contributed by atoms with Gasteiger partial charge in [0, 0.05) is 0 Å². The van der Waals surface area contributed by atoms with Crippen LogP contribution in [0, 0.1) is 0 Å². The van der Waals surface area contributed by atoms with Gasteiger partial charge in [-0.25, -0.2) is 4.79 Å². The Hall–Kier alpha value is 0. The minimum atomic E-state index is -0.468. The van der Waals surface area contributed by atoms with Crippen molar-refractivity contribution < 1.29 is 4.79 Å². The molecule has 0 rings (SSSR count). The average molecular weight is 200 g/mol. The molecule has 0 aliphatic carbocycles. The molecule has 0 aliphatic heterocycles. The highest BCUT2D eigenvalue weighted by Gasteiger charge is 1.80. The summed E-state index contributed by atoms with van der Waals surface area (Å²) < 4.78 is 0.576. The van der Waals surface area contributed by atoms with Crippen molar-refractivity contribution in [1.29, 1.82) is 0 Å². The summed E-state index contributed by atoms with van der Waals surface area (Å²) in [5, 5.41) is 2.33. The number of alkyl halides is 1. The number of primary amides is 1. The van der Waals surface area contributed by atoms with Crippen LogP contribution in [-0.2, 0) is 0 Å². The fourth-order valence-corrected chi connectivity index (χ4v) is 0.442. The number of urea groups is 1. The molecule has 0 unspecified atom stereocenters. The zero-order valence-corrected chi connectivity index (χ0v) is 5.23. The maximum Gasteiger partial charge on any atom is 0.312 e. The fraction of sp³-hybridized carbons (Fsp3) is 0.500. The first kappa shape index (κ1) is 6.00. The Bertz CT molecular complexity index is 55.5. The number of hydrogen-bond acceptors (Lipinski definition) is 1. The van der Waals surface area contributed by atoms with Crippen molar-refractivity contribution >= 4 is 28.6 Å². The maximum atomic E-state index is 9.71. The monoisotopic (exact) mass is 200 g/mol. The van der Waals surface area contributed by atoms with E-state index < -0.39 is 6.03 Å². The van der Waals surface area contributed by atoms with E-state index in [9.17, 15) is 4.79 Å². The van der Waals surface area contributed by atoms with Crippen LogP contribution in [0.3, 0.4) is 0 Å². The van der Waals surface area contributed by atoms with Crippen LogP contribution >= 0.6 is 22.6 Å². The molecule has 6 heavy (non-hydrogen) atoms. The number of amides is 2. The molecule has 0 aromatic heterocycles. The van der Waals surface area contributed by atoms with Gasteiger partial charge < -0.3 is 11.1 Å². The number of nitrogens with one attached hydrogen (secondary N) is 1. The molecule has 4 heteroatoms. The van der Waals surface area contributed by atoms with Gasteiger partial charge in [0.2, 0.25) is 0 Å². The SMILES string of the molecule is NC(=O)NCI. The van der Waals surface area contributed by atoms with E-state index in [2.05, 4.69) is 11.1 Å².